The lowest BCUT2D eigenvalue weighted by atomic mass is 9.86. The number of nitrogens with one attached hydrogen (secondary N) is 1. The summed E-state index contributed by atoms with van der Waals surface area (Å²) in [6.45, 7) is 5.99. The third kappa shape index (κ3) is 4.09. The highest BCUT2D eigenvalue weighted by Crippen LogP contribution is 2.33. The molecule has 0 saturated heterocycles. The molecule has 116 valence electrons. The summed E-state index contributed by atoms with van der Waals surface area (Å²) < 4.78 is 5.58. The molecule has 5 heteroatoms. The van der Waals surface area contributed by atoms with Crippen molar-refractivity contribution in [1.29, 1.82) is 0 Å². The Morgan fingerprint density at radius 3 is 2.67 bits per heavy atom. The quantitative estimate of drug-likeness (QED) is 0.646. The largest absolute Gasteiger partial charge is 0.484 e. The minimum atomic E-state index is -0.398. The van der Waals surface area contributed by atoms with E-state index in [-0.39, 0.29) is 11.8 Å². The van der Waals surface area contributed by atoms with Gasteiger partial charge in [0.2, 0.25) is 0 Å². The molecular formula is C16H24N2O3. The maximum Gasteiger partial charge on any atom is 0.311 e. The van der Waals surface area contributed by atoms with Crippen LogP contribution in [-0.2, 0) is 0 Å². The van der Waals surface area contributed by atoms with Crippen molar-refractivity contribution in [2.24, 2.45) is 5.92 Å². The van der Waals surface area contributed by atoms with E-state index in [0.717, 1.165) is 12.1 Å². The predicted molar refractivity (Wildman–Crippen MR) is 83.9 cm³/mol. The van der Waals surface area contributed by atoms with Gasteiger partial charge in [-0.25, -0.2) is 0 Å². The van der Waals surface area contributed by atoms with Gasteiger partial charge in [-0.2, -0.15) is 0 Å². The third-order valence-corrected chi connectivity index (χ3v) is 3.98. The summed E-state index contributed by atoms with van der Waals surface area (Å²) in [7, 11) is 0. The predicted octanol–water partition coefficient (Wildman–Crippen LogP) is 4.37. The van der Waals surface area contributed by atoms with Crippen molar-refractivity contribution in [3.8, 4) is 5.75 Å². The molecule has 1 N–H and O–H groups in total. The minimum Gasteiger partial charge on any atom is -0.484 e. The number of hydrogen-bond acceptors (Lipinski definition) is 4. The number of nitrogens with zero attached hydrogens (tertiary/aromatic N) is 1. The second-order valence-electron chi connectivity index (χ2n) is 6.12. The summed E-state index contributed by atoms with van der Waals surface area (Å²) in [4.78, 5) is 10.7. The second-order valence-corrected chi connectivity index (χ2v) is 6.12. The molecule has 2 rings (SSSR count). The fourth-order valence-electron chi connectivity index (χ4n) is 2.85. The van der Waals surface area contributed by atoms with Gasteiger partial charge in [0.15, 0.2) is 5.75 Å². The van der Waals surface area contributed by atoms with Crippen LogP contribution in [0.5, 0.6) is 5.75 Å². The molecule has 21 heavy (non-hydrogen) atoms. The number of nitro benzene ring substituents is 1. The Kier molecular flexibility index (Phi) is 5.04. The van der Waals surface area contributed by atoms with Crippen molar-refractivity contribution in [2.75, 3.05) is 5.32 Å². The van der Waals surface area contributed by atoms with Crippen LogP contribution < -0.4 is 10.1 Å². The van der Waals surface area contributed by atoms with Gasteiger partial charge in [-0.05, 0) is 38.7 Å². The molecule has 0 heterocycles. The van der Waals surface area contributed by atoms with E-state index >= 15 is 0 Å². The van der Waals surface area contributed by atoms with Gasteiger partial charge in [0.25, 0.3) is 0 Å². The number of anilines is 1. The van der Waals surface area contributed by atoms with Crippen molar-refractivity contribution in [2.45, 2.75) is 58.6 Å². The van der Waals surface area contributed by atoms with Crippen LogP contribution in [0.25, 0.3) is 0 Å². The Labute approximate surface area is 125 Å². The highest BCUT2D eigenvalue weighted by atomic mass is 16.6. The summed E-state index contributed by atoms with van der Waals surface area (Å²) in [6.07, 6.45) is 4.83. The Hall–Kier alpha value is -1.78. The van der Waals surface area contributed by atoms with Gasteiger partial charge in [0, 0.05) is 23.9 Å². The summed E-state index contributed by atoms with van der Waals surface area (Å²) in [5.41, 5.74) is 0.918. The van der Waals surface area contributed by atoms with Crippen LogP contribution >= 0.6 is 0 Å². The van der Waals surface area contributed by atoms with Crippen molar-refractivity contribution in [1.82, 2.24) is 0 Å². The van der Waals surface area contributed by atoms with Crippen LogP contribution in [0.4, 0.5) is 11.4 Å². The summed E-state index contributed by atoms with van der Waals surface area (Å²) in [6, 6.07) is 5.48. The Bertz CT molecular complexity index is 502. The molecule has 1 aliphatic carbocycles. The van der Waals surface area contributed by atoms with E-state index in [1.807, 2.05) is 13.8 Å². The van der Waals surface area contributed by atoms with E-state index in [4.69, 9.17) is 4.74 Å². The lowest BCUT2D eigenvalue weighted by Gasteiger charge is -2.30. The highest BCUT2D eigenvalue weighted by Gasteiger charge is 2.22. The topological polar surface area (TPSA) is 64.4 Å². The standard InChI is InChI=1S/C16H24N2O3/c1-11(2)21-16-10-13(8-9-15(16)18(19)20)17-14-7-5-4-6-12(14)3/h8-12,14,17H,4-7H2,1-3H3. The lowest BCUT2D eigenvalue weighted by molar-refractivity contribution is -0.386. The monoisotopic (exact) mass is 292 g/mol. The van der Waals surface area contributed by atoms with Crippen LogP contribution in [0.2, 0.25) is 0 Å². The Morgan fingerprint density at radius 2 is 2.05 bits per heavy atom. The van der Waals surface area contributed by atoms with E-state index in [9.17, 15) is 10.1 Å². The first-order valence-corrected chi connectivity index (χ1v) is 7.69. The lowest BCUT2D eigenvalue weighted by Crippen LogP contribution is -2.30. The molecular weight excluding hydrogens is 268 g/mol. The number of nitro groups is 1. The molecule has 5 nitrogen and oxygen atoms in total. The number of ether oxygens (including phenoxy) is 1. The van der Waals surface area contributed by atoms with Crippen molar-refractivity contribution in [3.63, 3.8) is 0 Å². The van der Waals surface area contributed by atoms with Crippen molar-refractivity contribution >= 4 is 11.4 Å². The van der Waals surface area contributed by atoms with Crippen molar-refractivity contribution < 1.29 is 9.66 Å². The molecule has 0 aromatic heterocycles. The molecule has 1 fully saturated rings. The van der Waals surface area contributed by atoms with E-state index in [0.29, 0.717) is 17.7 Å². The zero-order valence-electron chi connectivity index (χ0n) is 13.0. The average Bonchev–Trinajstić information content (AvgIpc) is 2.40. The number of hydrogen-bond donors (Lipinski definition) is 1. The molecule has 0 bridgehead atoms. The van der Waals surface area contributed by atoms with Gasteiger partial charge in [-0.1, -0.05) is 19.8 Å². The normalized spacial score (nSPS) is 22.1. The van der Waals surface area contributed by atoms with E-state index in [1.54, 1.807) is 12.1 Å². The first-order valence-electron chi connectivity index (χ1n) is 7.69. The Balaban J connectivity index is 2.18. The average molecular weight is 292 g/mol. The zero-order valence-corrected chi connectivity index (χ0v) is 13.0. The van der Waals surface area contributed by atoms with Crippen molar-refractivity contribution in [3.05, 3.63) is 28.3 Å². The van der Waals surface area contributed by atoms with E-state index in [1.165, 1.54) is 25.3 Å². The molecule has 0 radical (unpaired) electrons. The van der Waals surface area contributed by atoms with Gasteiger partial charge in [-0.15, -0.1) is 0 Å². The molecule has 1 saturated carbocycles. The highest BCUT2D eigenvalue weighted by molar-refractivity contribution is 5.58. The van der Waals surface area contributed by atoms with Gasteiger partial charge in [-0.3, -0.25) is 10.1 Å². The summed E-state index contributed by atoms with van der Waals surface area (Å²) >= 11 is 0. The van der Waals surface area contributed by atoms with Gasteiger partial charge < -0.3 is 10.1 Å². The van der Waals surface area contributed by atoms with Gasteiger partial charge in [0.05, 0.1) is 11.0 Å². The van der Waals surface area contributed by atoms with Gasteiger partial charge >= 0.3 is 5.69 Å². The molecule has 1 aliphatic rings. The molecule has 2 unspecified atom stereocenters. The van der Waals surface area contributed by atoms with Crippen LogP contribution in [0, 0.1) is 16.0 Å². The molecule has 0 aliphatic heterocycles. The minimum absolute atomic E-state index is 0.0194. The van der Waals surface area contributed by atoms with Crippen LogP contribution in [-0.4, -0.2) is 17.1 Å². The molecule has 1 aromatic rings. The zero-order chi connectivity index (χ0) is 15.4. The van der Waals surface area contributed by atoms with E-state index < -0.39 is 4.92 Å². The number of benzene rings is 1. The summed E-state index contributed by atoms with van der Waals surface area (Å²) in [5.74, 6) is 0.965. The molecule has 1 aromatic carbocycles. The second kappa shape index (κ2) is 6.78. The fourth-order valence-corrected chi connectivity index (χ4v) is 2.85. The van der Waals surface area contributed by atoms with E-state index in [2.05, 4.69) is 12.2 Å². The first-order chi connectivity index (χ1) is 9.97. The van der Waals surface area contributed by atoms with Crippen LogP contribution in [0.3, 0.4) is 0 Å². The SMILES string of the molecule is CC(C)Oc1cc(NC2CCCCC2C)ccc1[N+](=O)[O-]. The van der Waals surface area contributed by atoms with Crippen LogP contribution in [0.15, 0.2) is 18.2 Å². The number of rotatable bonds is 5. The fraction of sp³-hybridized carbons (Fsp3) is 0.625. The maximum absolute atomic E-state index is 11.1. The van der Waals surface area contributed by atoms with Crippen LogP contribution in [0.1, 0.15) is 46.5 Å². The molecule has 2 atom stereocenters. The molecule has 0 amide bonds. The molecule has 0 spiro atoms. The smallest absolute Gasteiger partial charge is 0.311 e. The summed E-state index contributed by atoms with van der Waals surface area (Å²) in [5, 5.41) is 14.6. The third-order valence-electron chi connectivity index (χ3n) is 3.98. The Morgan fingerprint density at radius 1 is 1.33 bits per heavy atom. The maximum atomic E-state index is 11.1. The van der Waals surface area contributed by atoms with Gasteiger partial charge in [0.1, 0.15) is 0 Å². The first kappa shape index (κ1) is 15.6.